The average Bonchev–Trinajstić information content (AvgIpc) is 3.72. The lowest BCUT2D eigenvalue weighted by molar-refractivity contribution is -0.375. The molecule has 8 fully saturated rings. The van der Waals surface area contributed by atoms with Gasteiger partial charge in [0.15, 0.2) is 31.3 Å². The highest BCUT2D eigenvalue weighted by Gasteiger charge is 2.64. The van der Waals surface area contributed by atoms with Crippen molar-refractivity contribution in [2.75, 3.05) is 33.0 Å². The van der Waals surface area contributed by atoms with Crippen molar-refractivity contribution in [2.45, 2.75) is 232 Å². The van der Waals surface area contributed by atoms with E-state index >= 15 is 0 Å². The van der Waals surface area contributed by atoms with Gasteiger partial charge in [-0.15, -0.1) is 0 Å². The van der Waals surface area contributed by atoms with E-state index < -0.39 is 215 Å². The van der Waals surface area contributed by atoms with Gasteiger partial charge in [0.1, 0.15) is 116 Å². The first kappa shape index (κ1) is 62.2. The normalized spacial score (nSPS) is 53.2. The van der Waals surface area contributed by atoms with Gasteiger partial charge in [0.05, 0.1) is 44.6 Å². The average molecular weight is 1130 g/mol. The third kappa shape index (κ3) is 11.6. The fourth-order valence-corrected chi connectivity index (χ4v) is 13.9. The number of rotatable bonds is 15. The highest BCUT2D eigenvalue weighted by atomic mass is 16.8. The molecule has 0 spiro atoms. The quantitative estimate of drug-likeness (QED) is 0.0535. The zero-order chi connectivity index (χ0) is 57.1. The summed E-state index contributed by atoms with van der Waals surface area (Å²) in [6.07, 6.45) is -40.4. The second-order valence-electron chi connectivity index (χ2n) is 23.4. The Morgan fingerprint density at radius 3 is 1.44 bits per heavy atom. The van der Waals surface area contributed by atoms with Crippen molar-refractivity contribution < 1.29 is 139 Å². The van der Waals surface area contributed by atoms with Crippen molar-refractivity contribution in [3.05, 3.63) is 12.2 Å². The third-order valence-corrected chi connectivity index (χ3v) is 18.4. The van der Waals surface area contributed by atoms with Crippen LogP contribution in [0.25, 0.3) is 0 Å². The standard InChI is InChI=1S/C50H82O28/c1-18-12-48(2)11-8-26-49(3,9-5-10-50(26,4)47(68)78-46-41(35(63)30(58)23(16-54)74-46)77-44-39(67)34(62)29(57)22(15-53)73-44)25(48)7-6-19(18)70-45-40(76-43-38(66)33(61)28(56)21(14-52)72-43)36(64)31(59)24(75-45)17-69-42-37(65)32(60)27(55)20(13-51)71-42/h19-46,51-67H,1,5-17H2,2-4H3/t19?,20?,21?,22?,23?,24?,25-,26?,27?,28?,29?,30?,31?,32?,33?,34?,35?,36?,37?,38?,39?,40?,41?,42?,43?,44?,45?,46?,48-,49?,50-/m1/s1. The maximum atomic E-state index is 14.9. The van der Waals surface area contributed by atoms with Crippen LogP contribution in [0, 0.1) is 28.1 Å². The molecule has 28 nitrogen and oxygen atoms in total. The van der Waals surface area contributed by atoms with E-state index in [4.69, 9.17) is 47.4 Å². The van der Waals surface area contributed by atoms with Crippen LogP contribution in [0.3, 0.4) is 0 Å². The Morgan fingerprint density at radius 2 is 0.923 bits per heavy atom. The third-order valence-electron chi connectivity index (χ3n) is 18.4. The summed E-state index contributed by atoms with van der Waals surface area (Å²) >= 11 is 0. The first-order valence-corrected chi connectivity index (χ1v) is 26.8. The SMILES string of the molecule is C=C1C[C@@]2(C)CCC3C(C)(CCC[C@@]3(C)C(=O)OC3OC(CO)C(O)C(O)C3OC3OC(CO)C(O)C(O)C3O)[C@@H]2CCC1OC1OC(COC2OC(CO)C(O)C(O)C2O)C(O)C(O)C1OC1OC(CO)C(O)C(O)C1O. The van der Waals surface area contributed by atoms with Gasteiger partial charge in [-0.25, -0.2) is 0 Å². The minimum Gasteiger partial charge on any atom is -0.432 e. The predicted octanol–water partition coefficient (Wildman–Crippen LogP) is -7.04. The largest absolute Gasteiger partial charge is 0.432 e. The number of carbonyl (C=O) groups excluding carboxylic acids is 1. The summed E-state index contributed by atoms with van der Waals surface area (Å²) in [5.74, 6) is -1.21. The number of hydrogen-bond donors (Lipinski definition) is 17. The van der Waals surface area contributed by atoms with Crippen molar-refractivity contribution in [3.8, 4) is 0 Å². The van der Waals surface area contributed by atoms with Crippen LogP contribution in [-0.2, 0) is 52.2 Å². The number of ether oxygens (including phenoxy) is 10. The Hall–Kier alpha value is -1.83. The molecule has 5 aliphatic heterocycles. The Morgan fingerprint density at radius 1 is 0.487 bits per heavy atom. The maximum absolute atomic E-state index is 14.9. The first-order valence-electron chi connectivity index (χ1n) is 26.8. The van der Waals surface area contributed by atoms with Crippen molar-refractivity contribution in [2.24, 2.45) is 28.1 Å². The van der Waals surface area contributed by atoms with Crippen LogP contribution < -0.4 is 0 Å². The Labute approximate surface area is 449 Å². The molecule has 0 radical (unpaired) electrons. The van der Waals surface area contributed by atoms with E-state index in [0.29, 0.717) is 50.5 Å². The molecule has 0 bridgehead atoms. The van der Waals surface area contributed by atoms with Crippen LogP contribution in [-0.4, -0.2) is 285 Å². The molecular weight excluding hydrogens is 1050 g/mol. The van der Waals surface area contributed by atoms with Crippen molar-refractivity contribution in [3.63, 3.8) is 0 Å². The number of hydrogen-bond acceptors (Lipinski definition) is 28. The van der Waals surface area contributed by atoms with Crippen LogP contribution in [0.1, 0.15) is 72.1 Å². The van der Waals surface area contributed by atoms with E-state index in [0.717, 1.165) is 0 Å². The van der Waals surface area contributed by atoms with E-state index in [1.807, 2.05) is 0 Å². The summed E-state index contributed by atoms with van der Waals surface area (Å²) in [5, 5.41) is 180. The van der Waals surface area contributed by atoms with Crippen LogP contribution in [0.2, 0.25) is 0 Å². The molecule has 5 heterocycles. The van der Waals surface area contributed by atoms with Crippen molar-refractivity contribution in [1.29, 1.82) is 0 Å². The van der Waals surface area contributed by atoms with E-state index in [2.05, 4.69) is 20.4 Å². The zero-order valence-electron chi connectivity index (χ0n) is 43.7. The number of fused-ring (bicyclic) bond motifs is 3. The first-order chi connectivity index (χ1) is 36.8. The van der Waals surface area contributed by atoms with Gasteiger partial charge >= 0.3 is 5.97 Å². The maximum Gasteiger partial charge on any atom is 0.314 e. The van der Waals surface area contributed by atoms with Gasteiger partial charge in [-0.2, -0.15) is 0 Å². The minimum atomic E-state index is -1.94. The van der Waals surface area contributed by atoms with Gasteiger partial charge < -0.3 is 134 Å². The van der Waals surface area contributed by atoms with E-state index in [1.54, 1.807) is 6.92 Å². The molecule has 78 heavy (non-hydrogen) atoms. The molecule has 450 valence electrons. The monoisotopic (exact) mass is 1130 g/mol. The molecular formula is C50H82O28. The predicted molar refractivity (Wildman–Crippen MR) is 254 cm³/mol. The topological polar surface area (TPSA) is 453 Å². The molecule has 8 rings (SSSR count). The van der Waals surface area contributed by atoms with Gasteiger partial charge in [-0.05, 0) is 80.1 Å². The van der Waals surface area contributed by atoms with Crippen LogP contribution >= 0.6 is 0 Å². The van der Waals surface area contributed by atoms with E-state index in [-0.39, 0.29) is 18.3 Å². The second kappa shape index (κ2) is 24.8. The molecule has 0 aromatic rings. The molecule has 8 aliphatic rings. The number of esters is 1. The lowest BCUT2D eigenvalue weighted by Gasteiger charge is -2.62. The summed E-state index contributed by atoms with van der Waals surface area (Å²) < 4.78 is 58.9. The van der Waals surface area contributed by atoms with Gasteiger partial charge in [-0.3, -0.25) is 4.79 Å². The summed E-state index contributed by atoms with van der Waals surface area (Å²) in [4.78, 5) is 14.9. The smallest absolute Gasteiger partial charge is 0.314 e. The minimum absolute atomic E-state index is 0.119. The summed E-state index contributed by atoms with van der Waals surface area (Å²) in [6.45, 7) is 6.64. The lowest BCUT2D eigenvalue weighted by Crippen LogP contribution is -2.65. The van der Waals surface area contributed by atoms with E-state index in [1.165, 1.54) is 0 Å². The number of aliphatic hydroxyl groups excluding tert-OH is 17. The highest BCUT2D eigenvalue weighted by molar-refractivity contribution is 5.77. The zero-order valence-corrected chi connectivity index (χ0v) is 43.7. The number of carbonyl (C=O) groups is 1. The van der Waals surface area contributed by atoms with Crippen LogP contribution in [0.5, 0.6) is 0 Å². The Balaban J connectivity index is 1.01. The molecule has 0 aromatic heterocycles. The fraction of sp³-hybridized carbons (Fsp3) is 0.940. The Bertz CT molecular complexity index is 2000. The summed E-state index contributed by atoms with van der Waals surface area (Å²) in [5.41, 5.74) is -1.63. The van der Waals surface area contributed by atoms with Crippen molar-refractivity contribution in [1.82, 2.24) is 0 Å². The van der Waals surface area contributed by atoms with Gasteiger partial charge in [0.2, 0.25) is 6.29 Å². The molecule has 31 atom stereocenters. The lowest BCUT2D eigenvalue weighted by atomic mass is 9.42. The van der Waals surface area contributed by atoms with Gasteiger partial charge in [0.25, 0.3) is 0 Å². The molecule has 28 unspecified atom stereocenters. The fourth-order valence-electron chi connectivity index (χ4n) is 13.9. The van der Waals surface area contributed by atoms with E-state index in [9.17, 15) is 91.6 Å². The molecule has 3 saturated carbocycles. The summed E-state index contributed by atoms with van der Waals surface area (Å²) in [6, 6.07) is 0. The second-order valence-corrected chi connectivity index (χ2v) is 23.4. The summed E-state index contributed by atoms with van der Waals surface area (Å²) in [7, 11) is 0. The molecule has 0 amide bonds. The van der Waals surface area contributed by atoms with Crippen LogP contribution in [0.4, 0.5) is 0 Å². The molecule has 5 saturated heterocycles. The number of aliphatic hydroxyl groups is 17. The molecule has 0 aromatic carbocycles. The highest BCUT2D eigenvalue weighted by Crippen LogP contribution is 2.67. The van der Waals surface area contributed by atoms with Gasteiger partial charge in [-0.1, -0.05) is 26.8 Å². The van der Waals surface area contributed by atoms with Gasteiger partial charge in [0, 0.05) is 0 Å². The molecule has 17 N–H and O–H groups in total. The molecule has 28 heteroatoms. The Kier molecular flexibility index (Phi) is 19.8. The molecule has 3 aliphatic carbocycles. The van der Waals surface area contributed by atoms with Crippen LogP contribution in [0.15, 0.2) is 12.2 Å². The van der Waals surface area contributed by atoms with Crippen molar-refractivity contribution >= 4 is 5.97 Å².